The second kappa shape index (κ2) is 7.58. The summed E-state index contributed by atoms with van der Waals surface area (Å²) >= 11 is 1.53. The van der Waals surface area contributed by atoms with Crippen molar-refractivity contribution in [3.63, 3.8) is 0 Å². The summed E-state index contributed by atoms with van der Waals surface area (Å²) in [5.74, 6) is -0.447. The lowest BCUT2D eigenvalue weighted by molar-refractivity contribution is 0.0905. The predicted molar refractivity (Wildman–Crippen MR) is 95.0 cm³/mol. The van der Waals surface area contributed by atoms with Crippen LogP contribution in [-0.4, -0.2) is 36.6 Å². The number of thiophene rings is 1. The molecule has 5 nitrogen and oxygen atoms in total. The van der Waals surface area contributed by atoms with Crippen LogP contribution < -0.4 is 5.32 Å². The van der Waals surface area contributed by atoms with Crippen molar-refractivity contribution in [2.75, 3.05) is 20.6 Å². The molecule has 0 unspecified atom stereocenters. The maximum Gasteiger partial charge on any atom is 0.289 e. The Labute approximate surface area is 149 Å². The minimum Gasteiger partial charge on any atom is -0.350 e. The Bertz CT molecular complexity index is 828. The van der Waals surface area contributed by atoms with Gasteiger partial charge in [-0.2, -0.15) is 0 Å². The molecule has 0 radical (unpaired) electrons. The number of nitrogens with zero attached hydrogens (tertiary/aromatic N) is 2. The van der Waals surface area contributed by atoms with Crippen LogP contribution in [0.4, 0.5) is 4.39 Å². The van der Waals surface area contributed by atoms with Gasteiger partial charge in [0.25, 0.3) is 5.91 Å². The van der Waals surface area contributed by atoms with Crippen molar-refractivity contribution in [2.24, 2.45) is 0 Å². The maximum atomic E-state index is 13.1. The van der Waals surface area contributed by atoms with Crippen LogP contribution in [0.5, 0.6) is 0 Å². The number of nitrogens with one attached hydrogen (secondary N) is 1. The average molecular weight is 359 g/mol. The first kappa shape index (κ1) is 17.3. The standard InChI is InChI=1S/C18H18FN3O2S/c1-22(2)15(12-5-7-13(19)8-6-12)11-20-18(23)16-10-14(21-24-16)17-4-3-9-25-17/h3-10,15H,11H2,1-2H3,(H,20,23)/t15-/m1/s1. The molecule has 1 atom stereocenters. The molecule has 1 aromatic carbocycles. The van der Waals surface area contributed by atoms with Crippen LogP contribution in [0.15, 0.2) is 52.4 Å². The minimum absolute atomic E-state index is 0.0794. The zero-order valence-electron chi connectivity index (χ0n) is 13.9. The first-order valence-electron chi connectivity index (χ1n) is 7.75. The average Bonchev–Trinajstić information content (AvgIpc) is 3.27. The number of hydrogen-bond acceptors (Lipinski definition) is 5. The molecule has 0 spiro atoms. The third-order valence-electron chi connectivity index (χ3n) is 3.84. The number of rotatable bonds is 6. The van der Waals surface area contributed by atoms with E-state index in [0.717, 1.165) is 10.4 Å². The molecule has 130 valence electrons. The molecule has 0 fully saturated rings. The van der Waals surface area contributed by atoms with E-state index >= 15 is 0 Å². The Balaban J connectivity index is 1.66. The van der Waals surface area contributed by atoms with Crippen molar-refractivity contribution in [3.05, 3.63) is 65.0 Å². The second-order valence-corrected chi connectivity index (χ2v) is 6.74. The molecule has 2 heterocycles. The Morgan fingerprint density at radius 2 is 2.08 bits per heavy atom. The highest BCUT2D eigenvalue weighted by molar-refractivity contribution is 7.13. The summed E-state index contributed by atoms with van der Waals surface area (Å²) in [5.41, 5.74) is 1.56. The maximum absolute atomic E-state index is 13.1. The van der Waals surface area contributed by atoms with E-state index in [1.807, 2.05) is 36.5 Å². The Morgan fingerprint density at radius 1 is 1.32 bits per heavy atom. The van der Waals surface area contributed by atoms with Crippen molar-refractivity contribution < 1.29 is 13.7 Å². The van der Waals surface area contributed by atoms with E-state index in [2.05, 4.69) is 10.5 Å². The van der Waals surface area contributed by atoms with Gasteiger partial charge in [-0.1, -0.05) is 23.4 Å². The largest absolute Gasteiger partial charge is 0.350 e. The number of likely N-dealkylation sites (N-methyl/N-ethyl adjacent to an activating group) is 1. The van der Waals surface area contributed by atoms with Crippen LogP contribution in [0.2, 0.25) is 0 Å². The van der Waals surface area contributed by atoms with Crippen LogP contribution in [0.1, 0.15) is 22.2 Å². The van der Waals surface area contributed by atoms with Gasteiger partial charge in [-0.25, -0.2) is 4.39 Å². The van der Waals surface area contributed by atoms with Crippen molar-refractivity contribution >= 4 is 17.2 Å². The van der Waals surface area contributed by atoms with Crippen molar-refractivity contribution in [1.29, 1.82) is 0 Å². The zero-order valence-corrected chi connectivity index (χ0v) is 14.7. The summed E-state index contributed by atoms with van der Waals surface area (Å²) in [4.78, 5) is 15.2. The Hall–Kier alpha value is -2.51. The van der Waals surface area contributed by atoms with Crippen LogP contribution in [-0.2, 0) is 0 Å². The summed E-state index contributed by atoms with van der Waals surface area (Å²) in [5, 5.41) is 8.72. The molecular formula is C18H18FN3O2S. The van der Waals surface area contributed by atoms with Crippen LogP contribution >= 0.6 is 11.3 Å². The fourth-order valence-electron chi connectivity index (χ4n) is 2.48. The SMILES string of the molecule is CN(C)[C@H](CNC(=O)c1cc(-c2cccs2)no1)c1ccc(F)cc1. The number of benzene rings is 1. The summed E-state index contributed by atoms with van der Waals surface area (Å²) in [7, 11) is 3.81. The number of aromatic nitrogens is 1. The fraction of sp³-hybridized carbons (Fsp3) is 0.222. The monoisotopic (exact) mass is 359 g/mol. The van der Waals surface area contributed by atoms with Crippen molar-refractivity contribution in [1.82, 2.24) is 15.4 Å². The Morgan fingerprint density at radius 3 is 2.72 bits per heavy atom. The van der Waals surface area contributed by atoms with Gasteiger partial charge in [0.15, 0.2) is 0 Å². The smallest absolute Gasteiger partial charge is 0.289 e. The molecule has 3 rings (SSSR count). The third kappa shape index (κ3) is 4.12. The molecular weight excluding hydrogens is 341 g/mol. The Kier molecular flexibility index (Phi) is 5.25. The normalized spacial score (nSPS) is 12.3. The zero-order chi connectivity index (χ0) is 17.8. The van der Waals surface area contributed by atoms with E-state index in [1.54, 1.807) is 18.2 Å². The van der Waals surface area contributed by atoms with E-state index in [4.69, 9.17) is 4.52 Å². The predicted octanol–water partition coefficient (Wildman–Crippen LogP) is 3.57. The molecule has 0 aliphatic carbocycles. The number of carbonyl (C=O) groups is 1. The van der Waals surface area contributed by atoms with E-state index in [0.29, 0.717) is 12.2 Å². The third-order valence-corrected chi connectivity index (χ3v) is 4.73. The van der Waals surface area contributed by atoms with Gasteiger partial charge in [-0.05, 0) is 43.2 Å². The molecule has 1 N–H and O–H groups in total. The van der Waals surface area contributed by atoms with Crippen LogP contribution in [0.25, 0.3) is 10.6 Å². The molecule has 0 aliphatic heterocycles. The van der Waals surface area contributed by atoms with Gasteiger partial charge in [0.05, 0.1) is 10.9 Å². The highest BCUT2D eigenvalue weighted by Crippen LogP contribution is 2.24. The minimum atomic E-state index is -0.329. The summed E-state index contributed by atoms with van der Waals surface area (Å²) in [6.07, 6.45) is 0. The van der Waals surface area contributed by atoms with Gasteiger partial charge < -0.3 is 14.7 Å². The molecule has 25 heavy (non-hydrogen) atoms. The number of hydrogen-bond donors (Lipinski definition) is 1. The topological polar surface area (TPSA) is 58.4 Å². The lowest BCUT2D eigenvalue weighted by atomic mass is 10.1. The van der Waals surface area contributed by atoms with Crippen LogP contribution in [0, 0.1) is 5.82 Å². The summed E-state index contributed by atoms with van der Waals surface area (Å²) < 4.78 is 18.2. The molecule has 0 bridgehead atoms. The number of amides is 1. The highest BCUT2D eigenvalue weighted by Gasteiger charge is 2.19. The first-order valence-corrected chi connectivity index (χ1v) is 8.63. The van der Waals surface area contributed by atoms with Gasteiger partial charge in [-0.3, -0.25) is 4.79 Å². The first-order chi connectivity index (χ1) is 12.0. The lowest BCUT2D eigenvalue weighted by Gasteiger charge is -2.24. The summed E-state index contributed by atoms with van der Waals surface area (Å²) in [6, 6.07) is 11.6. The second-order valence-electron chi connectivity index (χ2n) is 5.79. The van der Waals surface area contributed by atoms with E-state index in [-0.39, 0.29) is 23.5 Å². The molecule has 3 aromatic rings. The molecule has 7 heteroatoms. The molecule has 0 saturated heterocycles. The number of carbonyl (C=O) groups excluding carboxylic acids is 1. The van der Waals surface area contributed by atoms with E-state index in [9.17, 15) is 9.18 Å². The van der Waals surface area contributed by atoms with Gasteiger partial charge in [0.2, 0.25) is 5.76 Å². The van der Waals surface area contributed by atoms with E-state index < -0.39 is 0 Å². The molecule has 0 saturated carbocycles. The fourth-order valence-corrected chi connectivity index (χ4v) is 3.16. The molecule has 1 amide bonds. The van der Waals surface area contributed by atoms with Crippen molar-refractivity contribution in [2.45, 2.75) is 6.04 Å². The van der Waals surface area contributed by atoms with Gasteiger partial charge in [-0.15, -0.1) is 11.3 Å². The van der Waals surface area contributed by atoms with Gasteiger partial charge in [0, 0.05) is 12.6 Å². The van der Waals surface area contributed by atoms with Crippen LogP contribution in [0.3, 0.4) is 0 Å². The lowest BCUT2D eigenvalue weighted by Crippen LogP contribution is -2.34. The molecule has 2 aromatic heterocycles. The number of halogens is 1. The quantitative estimate of drug-likeness (QED) is 0.731. The van der Waals surface area contributed by atoms with Gasteiger partial charge in [0.1, 0.15) is 11.5 Å². The summed E-state index contributed by atoms with van der Waals surface area (Å²) in [6.45, 7) is 0.368. The molecule has 0 aliphatic rings. The van der Waals surface area contributed by atoms with Crippen molar-refractivity contribution in [3.8, 4) is 10.6 Å². The van der Waals surface area contributed by atoms with Gasteiger partial charge >= 0.3 is 0 Å². The highest BCUT2D eigenvalue weighted by atomic mass is 32.1. The van der Waals surface area contributed by atoms with E-state index in [1.165, 1.54) is 23.5 Å².